The molecule has 0 radical (unpaired) electrons. The Hall–Kier alpha value is -3.01. The summed E-state index contributed by atoms with van der Waals surface area (Å²) in [5, 5.41) is 1.80. The zero-order valence-corrected chi connectivity index (χ0v) is 23.7. The molecule has 1 aliphatic heterocycles. The van der Waals surface area contributed by atoms with E-state index in [1.807, 2.05) is 31.2 Å². The average molecular weight is 556 g/mol. The van der Waals surface area contributed by atoms with Gasteiger partial charge in [0.1, 0.15) is 16.7 Å². The van der Waals surface area contributed by atoms with Gasteiger partial charge in [-0.3, -0.25) is 9.59 Å². The van der Waals surface area contributed by atoms with Gasteiger partial charge in [-0.2, -0.15) is 4.31 Å². The Labute approximate surface area is 228 Å². The van der Waals surface area contributed by atoms with Crippen LogP contribution in [-0.2, 0) is 26.1 Å². The molecule has 4 rings (SSSR count). The second kappa shape index (κ2) is 11.8. The minimum atomic E-state index is -3.80. The van der Waals surface area contributed by atoms with Crippen molar-refractivity contribution in [1.29, 1.82) is 0 Å². The predicted molar refractivity (Wildman–Crippen MR) is 147 cm³/mol. The highest BCUT2D eigenvalue weighted by Gasteiger charge is 2.34. The molecule has 0 fully saturated rings. The van der Waals surface area contributed by atoms with Gasteiger partial charge in [-0.1, -0.05) is 43.7 Å². The lowest BCUT2D eigenvalue weighted by Crippen LogP contribution is -2.36. The largest absolute Gasteiger partial charge is 0.488 e. The Balaban J connectivity index is 1.73. The summed E-state index contributed by atoms with van der Waals surface area (Å²) in [5.74, 6) is -0.334. The molecule has 9 heteroatoms. The summed E-state index contributed by atoms with van der Waals surface area (Å²) in [6.07, 6.45) is 1.45. The fraction of sp³-hybridized carbons (Fsp3) is 0.379. The van der Waals surface area contributed by atoms with Crippen molar-refractivity contribution < 1.29 is 27.5 Å². The summed E-state index contributed by atoms with van der Waals surface area (Å²) in [7, 11) is -2.45. The minimum Gasteiger partial charge on any atom is -0.488 e. The van der Waals surface area contributed by atoms with Gasteiger partial charge in [-0.15, -0.1) is 11.3 Å². The van der Waals surface area contributed by atoms with Crippen molar-refractivity contribution in [2.45, 2.75) is 63.5 Å². The lowest BCUT2D eigenvalue weighted by atomic mass is 9.91. The highest BCUT2D eigenvalue weighted by molar-refractivity contribution is 7.89. The number of Topliss-reactive ketones (excluding diaryl/α,β-unsaturated/α-hetero) is 1. The third-order valence-electron chi connectivity index (χ3n) is 6.87. The molecule has 0 bridgehead atoms. The predicted octanol–water partition coefficient (Wildman–Crippen LogP) is 5.71. The van der Waals surface area contributed by atoms with Crippen LogP contribution in [0.3, 0.4) is 0 Å². The lowest BCUT2D eigenvalue weighted by molar-refractivity contribution is -0.140. The molecule has 0 spiro atoms. The summed E-state index contributed by atoms with van der Waals surface area (Å²) in [5.41, 5.74) is 3.26. The Morgan fingerprint density at radius 2 is 1.95 bits per heavy atom. The average Bonchev–Trinajstić information content (AvgIpc) is 3.35. The molecule has 1 aliphatic rings. The summed E-state index contributed by atoms with van der Waals surface area (Å²) in [6.45, 7) is 5.93. The number of para-hydroxylation sites is 1. The number of esters is 1. The number of aryl methyl sites for hydroxylation is 1. The maximum absolute atomic E-state index is 13.7. The highest BCUT2D eigenvalue weighted by Crippen LogP contribution is 2.36. The van der Waals surface area contributed by atoms with Crippen LogP contribution in [0.4, 0.5) is 0 Å². The number of carbonyl (C=O) groups is 2. The first-order chi connectivity index (χ1) is 18.1. The molecule has 38 heavy (non-hydrogen) atoms. The lowest BCUT2D eigenvalue weighted by Gasteiger charge is -2.24. The topological polar surface area (TPSA) is 90.0 Å². The molecule has 2 heterocycles. The molecule has 0 N–H and O–H groups in total. The summed E-state index contributed by atoms with van der Waals surface area (Å²) in [6, 6.07) is 14.5. The number of sulfonamides is 1. The smallest absolute Gasteiger partial charge is 0.306 e. The van der Waals surface area contributed by atoms with Gasteiger partial charge in [-0.25, -0.2) is 8.42 Å². The van der Waals surface area contributed by atoms with Crippen LogP contribution >= 0.6 is 11.3 Å². The van der Waals surface area contributed by atoms with Gasteiger partial charge in [0.05, 0.1) is 20.1 Å². The van der Waals surface area contributed by atoms with Crippen molar-refractivity contribution in [3.05, 3.63) is 81.0 Å². The molecule has 3 aromatic rings. The molecule has 2 atom stereocenters. The van der Waals surface area contributed by atoms with Crippen molar-refractivity contribution in [3.8, 4) is 5.75 Å². The van der Waals surface area contributed by atoms with Crippen molar-refractivity contribution in [3.63, 3.8) is 0 Å². The van der Waals surface area contributed by atoms with E-state index in [1.54, 1.807) is 29.6 Å². The SMILES string of the molecule is CCC[C@@H]1CN(Cc2cc(C(CC(=O)OC)c3cc(C(C)=O)cs3)ccc2C)S(=O)(=O)c2ccccc2O1. The number of ether oxygens (including phenoxy) is 2. The van der Waals surface area contributed by atoms with E-state index in [0.29, 0.717) is 11.3 Å². The van der Waals surface area contributed by atoms with E-state index in [0.717, 1.165) is 34.4 Å². The van der Waals surface area contributed by atoms with Crippen molar-refractivity contribution >= 4 is 33.1 Å². The van der Waals surface area contributed by atoms with E-state index >= 15 is 0 Å². The van der Waals surface area contributed by atoms with Crippen LogP contribution in [0.5, 0.6) is 5.75 Å². The van der Waals surface area contributed by atoms with Gasteiger partial charge in [0.25, 0.3) is 0 Å². The quantitative estimate of drug-likeness (QED) is 0.248. The van der Waals surface area contributed by atoms with E-state index in [-0.39, 0.29) is 48.2 Å². The van der Waals surface area contributed by atoms with E-state index in [4.69, 9.17) is 9.47 Å². The van der Waals surface area contributed by atoms with Crippen molar-refractivity contribution in [2.75, 3.05) is 13.7 Å². The van der Waals surface area contributed by atoms with E-state index in [2.05, 4.69) is 6.92 Å². The van der Waals surface area contributed by atoms with Gasteiger partial charge in [0.2, 0.25) is 10.0 Å². The van der Waals surface area contributed by atoms with Gasteiger partial charge in [0.15, 0.2) is 5.78 Å². The first-order valence-corrected chi connectivity index (χ1v) is 15.0. The third-order valence-corrected chi connectivity index (χ3v) is 9.77. The van der Waals surface area contributed by atoms with Gasteiger partial charge >= 0.3 is 5.97 Å². The second-order valence-corrected chi connectivity index (χ2v) is 12.4. The number of carbonyl (C=O) groups excluding carboxylic acids is 2. The van der Waals surface area contributed by atoms with E-state index in [9.17, 15) is 18.0 Å². The number of thiophene rings is 1. The number of hydrogen-bond acceptors (Lipinski definition) is 7. The number of nitrogens with zero attached hydrogens (tertiary/aromatic N) is 1. The number of hydrogen-bond donors (Lipinski definition) is 0. The van der Waals surface area contributed by atoms with Crippen LogP contribution in [0.2, 0.25) is 0 Å². The molecule has 0 saturated heterocycles. The molecular formula is C29H33NO6S2. The summed E-state index contributed by atoms with van der Waals surface area (Å²) >= 11 is 1.43. The molecule has 0 saturated carbocycles. The van der Waals surface area contributed by atoms with Crippen molar-refractivity contribution in [2.24, 2.45) is 0 Å². The van der Waals surface area contributed by atoms with Crippen LogP contribution < -0.4 is 4.74 Å². The molecular weight excluding hydrogens is 522 g/mol. The Bertz CT molecular complexity index is 1430. The summed E-state index contributed by atoms with van der Waals surface area (Å²) < 4.78 is 40.1. The maximum Gasteiger partial charge on any atom is 0.306 e. The van der Waals surface area contributed by atoms with Crippen LogP contribution in [0.15, 0.2) is 58.8 Å². The normalized spacial score (nSPS) is 17.6. The monoisotopic (exact) mass is 555 g/mol. The number of fused-ring (bicyclic) bond motifs is 1. The van der Waals surface area contributed by atoms with E-state index in [1.165, 1.54) is 29.7 Å². The number of methoxy groups -OCH3 is 1. The molecule has 1 aromatic heterocycles. The minimum absolute atomic E-state index is 0.0376. The Morgan fingerprint density at radius 3 is 2.63 bits per heavy atom. The fourth-order valence-corrected chi connectivity index (χ4v) is 7.33. The molecule has 1 unspecified atom stereocenters. The third kappa shape index (κ3) is 6.00. The Morgan fingerprint density at radius 1 is 1.18 bits per heavy atom. The number of rotatable bonds is 9. The maximum atomic E-state index is 13.7. The molecule has 202 valence electrons. The first-order valence-electron chi connectivity index (χ1n) is 12.7. The highest BCUT2D eigenvalue weighted by atomic mass is 32.2. The van der Waals surface area contributed by atoms with Crippen LogP contribution in [0.1, 0.15) is 71.0 Å². The zero-order valence-electron chi connectivity index (χ0n) is 22.1. The second-order valence-electron chi connectivity index (χ2n) is 9.59. The Kier molecular flexibility index (Phi) is 8.70. The number of benzene rings is 2. The molecule has 7 nitrogen and oxygen atoms in total. The fourth-order valence-electron chi connectivity index (χ4n) is 4.68. The van der Waals surface area contributed by atoms with Crippen molar-refractivity contribution in [1.82, 2.24) is 4.31 Å². The number of ketones is 1. The molecule has 0 amide bonds. The van der Waals surface area contributed by atoms with Gasteiger partial charge in [-0.05, 0) is 55.2 Å². The standard InChI is InChI=1S/C29H33NO6S2/c1-5-8-24-17-30(38(33,34)28-10-7-6-9-26(28)36-24)16-22-13-21(12-11-19(22)2)25(15-29(32)35-4)27-14-23(18-37-27)20(3)31/h6-7,9-14,18,24-25H,5,8,15-17H2,1-4H3/t24-,25?/m1/s1. The zero-order chi connectivity index (χ0) is 27.4. The van der Waals surface area contributed by atoms with E-state index < -0.39 is 10.0 Å². The van der Waals surface area contributed by atoms with Gasteiger partial charge in [0, 0.05) is 28.3 Å². The molecule has 2 aromatic carbocycles. The van der Waals surface area contributed by atoms with Crippen LogP contribution in [0, 0.1) is 6.92 Å². The molecule has 0 aliphatic carbocycles. The van der Waals surface area contributed by atoms with Crippen LogP contribution in [0.25, 0.3) is 0 Å². The first kappa shape index (κ1) is 28.0. The van der Waals surface area contributed by atoms with Crippen LogP contribution in [-0.4, -0.2) is 44.2 Å². The van der Waals surface area contributed by atoms with Gasteiger partial charge < -0.3 is 9.47 Å². The summed E-state index contributed by atoms with van der Waals surface area (Å²) in [4.78, 5) is 25.3.